The number of aliphatic hydroxyl groups is 1. The lowest BCUT2D eigenvalue weighted by atomic mass is 9.75. The molecule has 0 aromatic heterocycles. The molecular weight excluding hydrogens is 487 g/mol. The molecule has 0 fully saturated rings. The van der Waals surface area contributed by atoms with Crippen molar-refractivity contribution in [2.24, 2.45) is 0 Å². The number of anilines is 2. The Bertz CT molecular complexity index is 1110. The van der Waals surface area contributed by atoms with E-state index in [0.29, 0.717) is 26.7 Å². The second-order valence-electron chi connectivity index (χ2n) is 11.1. The number of rotatable bonds is 7. The molecule has 0 atom stereocenters. The first kappa shape index (κ1) is 28.4. The van der Waals surface area contributed by atoms with Gasteiger partial charge in [-0.05, 0) is 93.5 Å². The van der Waals surface area contributed by atoms with Crippen molar-refractivity contribution in [3.05, 3.63) is 91.5 Å². The Morgan fingerprint density at radius 1 is 0.611 bits per heavy atom. The highest BCUT2D eigenvalue weighted by atomic mass is 35.5. The van der Waals surface area contributed by atoms with Gasteiger partial charge in [0.1, 0.15) is 5.60 Å². The van der Waals surface area contributed by atoms with Crippen LogP contribution < -0.4 is 11.5 Å². The summed E-state index contributed by atoms with van der Waals surface area (Å²) in [5.74, 6) is 0.657. The molecule has 0 heterocycles. The van der Waals surface area contributed by atoms with E-state index in [-0.39, 0.29) is 23.7 Å². The lowest BCUT2D eigenvalue weighted by molar-refractivity contribution is 0.125. The Morgan fingerprint density at radius 2 is 0.889 bits per heavy atom. The Morgan fingerprint density at radius 3 is 1.14 bits per heavy atom. The van der Waals surface area contributed by atoms with Crippen molar-refractivity contribution < 1.29 is 5.11 Å². The molecule has 3 aromatic rings. The highest BCUT2D eigenvalue weighted by Crippen LogP contribution is 2.48. The summed E-state index contributed by atoms with van der Waals surface area (Å²) in [6, 6.07) is 13.3. The molecule has 36 heavy (non-hydrogen) atoms. The Labute approximate surface area is 226 Å². The molecule has 0 unspecified atom stereocenters. The van der Waals surface area contributed by atoms with Gasteiger partial charge in [0.25, 0.3) is 0 Å². The number of hydrogen-bond donors (Lipinski definition) is 3. The number of halogens is 2. The highest BCUT2D eigenvalue weighted by molar-refractivity contribution is 6.36. The zero-order valence-electron chi connectivity index (χ0n) is 22.7. The van der Waals surface area contributed by atoms with Crippen LogP contribution in [0.3, 0.4) is 0 Å². The Hall–Kier alpha value is -2.20. The van der Waals surface area contributed by atoms with Crippen LogP contribution in [0.2, 0.25) is 10.0 Å². The van der Waals surface area contributed by atoms with Gasteiger partial charge >= 0.3 is 0 Å². The van der Waals surface area contributed by atoms with Crippen LogP contribution in [0, 0.1) is 0 Å². The van der Waals surface area contributed by atoms with Crippen LogP contribution in [0.1, 0.15) is 118 Å². The minimum absolute atomic E-state index is 0.164. The first-order chi connectivity index (χ1) is 16.7. The second-order valence-corrected chi connectivity index (χ2v) is 11.9. The lowest BCUT2D eigenvalue weighted by Gasteiger charge is -2.35. The molecule has 0 aliphatic heterocycles. The van der Waals surface area contributed by atoms with E-state index in [0.717, 1.165) is 33.6 Å². The predicted molar refractivity (Wildman–Crippen MR) is 157 cm³/mol. The third kappa shape index (κ3) is 4.98. The summed E-state index contributed by atoms with van der Waals surface area (Å²) < 4.78 is 0. The first-order valence-electron chi connectivity index (χ1n) is 12.8. The van der Waals surface area contributed by atoms with Gasteiger partial charge < -0.3 is 16.6 Å². The van der Waals surface area contributed by atoms with Crippen molar-refractivity contribution in [3.63, 3.8) is 0 Å². The number of hydrogen-bond acceptors (Lipinski definition) is 3. The topological polar surface area (TPSA) is 72.3 Å². The van der Waals surface area contributed by atoms with Gasteiger partial charge in [0.15, 0.2) is 0 Å². The molecule has 3 nitrogen and oxygen atoms in total. The molecule has 5 heteroatoms. The quantitative estimate of drug-likeness (QED) is 0.212. The highest BCUT2D eigenvalue weighted by Gasteiger charge is 2.40. The van der Waals surface area contributed by atoms with Gasteiger partial charge in [-0.25, -0.2) is 0 Å². The van der Waals surface area contributed by atoms with Crippen molar-refractivity contribution >= 4 is 34.6 Å². The molecule has 0 saturated carbocycles. The van der Waals surface area contributed by atoms with E-state index < -0.39 is 5.60 Å². The molecule has 0 spiro atoms. The van der Waals surface area contributed by atoms with Crippen LogP contribution in [-0.2, 0) is 5.60 Å². The van der Waals surface area contributed by atoms with Crippen molar-refractivity contribution in [1.82, 2.24) is 0 Å². The molecular formula is C31H40Cl2N2O. The molecule has 0 bridgehead atoms. The average Bonchev–Trinajstić information content (AvgIpc) is 2.78. The molecule has 0 amide bonds. The SMILES string of the molecule is CC(C)c1cc(C(O)(c2cc(C(C)C)c(N)c(C(C)C)c2)c2c(Cl)cccc2Cl)cc(C(C)C)c1N. The van der Waals surface area contributed by atoms with Gasteiger partial charge in [0, 0.05) is 27.0 Å². The molecule has 3 rings (SSSR count). The standard InChI is InChI=1S/C31H40Cl2N2O/c1-16(2)22-12-20(13-23(17(3)4)29(22)34)31(36,28-26(32)10-9-11-27(28)33)21-14-24(18(5)6)30(35)25(15-21)19(7)8/h9-19,36H,34-35H2,1-8H3. The maximum Gasteiger partial charge on any atom is 0.143 e. The second kappa shape index (κ2) is 10.7. The molecule has 0 aliphatic carbocycles. The molecule has 0 saturated heterocycles. The van der Waals surface area contributed by atoms with E-state index >= 15 is 0 Å². The molecule has 194 valence electrons. The maximum absolute atomic E-state index is 12.9. The molecule has 0 radical (unpaired) electrons. The number of nitrogens with two attached hydrogens (primary N) is 2. The van der Waals surface area contributed by atoms with Crippen molar-refractivity contribution in [2.75, 3.05) is 11.5 Å². The fourth-order valence-electron chi connectivity index (χ4n) is 5.03. The lowest BCUT2D eigenvalue weighted by Crippen LogP contribution is -2.31. The summed E-state index contributed by atoms with van der Waals surface area (Å²) in [4.78, 5) is 0. The molecule has 0 aliphatic rings. The van der Waals surface area contributed by atoms with Crippen LogP contribution in [-0.4, -0.2) is 5.11 Å². The third-order valence-corrected chi connectivity index (χ3v) is 7.77. The fourth-order valence-corrected chi connectivity index (χ4v) is 5.70. The van der Waals surface area contributed by atoms with Crippen LogP contribution in [0.4, 0.5) is 11.4 Å². The summed E-state index contributed by atoms with van der Waals surface area (Å²) in [5, 5.41) is 13.7. The fraction of sp³-hybridized carbons (Fsp3) is 0.419. The summed E-state index contributed by atoms with van der Waals surface area (Å²) in [6.45, 7) is 16.9. The zero-order valence-corrected chi connectivity index (χ0v) is 24.2. The van der Waals surface area contributed by atoms with E-state index in [1.54, 1.807) is 18.2 Å². The average molecular weight is 528 g/mol. The van der Waals surface area contributed by atoms with Gasteiger partial charge in [-0.15, -0.1) is 0 Å². The summed E-state index contributed by atoms with van der Waals surface area (Å²) in [5.41, 5.74) is 18.9. The van der Waals surface area contributed by atoms with Crippen molar-refractivity contribution in [2.45, 2.75) is 84.7 Å². The number of nitrogen functional groups attached to an aromatic ring is 2. The van der Waals surface area contributed by atoms with Crippen molar-refractivity contribution in [3.8, 4) is 0 Å². The van der Waals surface area contributed by atoms with Crippen LogP contribution >= 0.6 is 23.2 Å². The summed E-state index contributed by atoms with van der Waals surface area (Å²) in [7, 11) is 0. The summed E-state index contributed by atoms with van der Waals surface area (Å²) >= 11 is 13.6. The normalized spacial score (nSPS) is 12.4. The predicted octanol–water partition coefficient (Wildman–Crippen LogP) is 8.94. The maximum atomic E-state index is 12.9. The van der Waals surface area contributed by atoms with Gasteiger partial charge in [0.2, 0.25) is 0 Å². The minimum atomic E-state index is -1.63. The molecule has 3 aromatic carbocycles. The largest absolute Gasteiger partial charge is 0.398 e. The smallest absolute Gasteiger partial charge is 0.143 e. The molecule has 5 N–H and O–H groups in total. The Balaban J connectivity index is 2.56. The van der Waals surface area contributed by atoms with Crippen LogP contribution in [0.5, 0.6) is 0 Å². The first-order valence-corrected chi connectivity index (χ1v) is 13.5. The van der Waals surface area contributed by atoms with E-state index in [1.807, 2.05) is 24.3 Å². The summed E-state index contributed by atoms with van der Waals surface area (Å²) in [6.07, 6.45) is 0. The van der Waals surface area contributed by atoms with Gasteiger partial charge in [-0.1, -0.05) is 84.7 Å². The van der Waals surface area contributed by atoms with E-state index in [4.69, 9.17) is 34.7 Å². The number of benzene rings is 3. The van der Waals surface area contributed by atoms with Gasteiger partial charge in [-0.2, -0.15) is 0 Å². The monoisotopic (exact) mass is 526 g/mol. The van der Waals surface area contributed by atoms with Crippen LogP contribution in [0.25, 0.3) is 0 Å². The van der Waals surface area contributed by atoms with Crippen molar-refractivity contribution in [1.29, 1.82) is 0 Å². The third-order valence-electron chi connectivity index (χ3n) is 7.14. The van der Waals surface area contributed by atoms with Gasteiger partial charge in [0.05, 0.1) is 0 Å². The van der Waals surface area contributed by atoms with Gasteiger partial charge in [-0.3, -0.25) is 0 Å². The van der Waals surface area contributed by atoms with Crippen LogP contribution in [0.15, 0.2) is 42.5 Å². The van der Waals surface area contributed by atoms with E-state index in [2.05, 4.69) is 55.4 Å². The zero-order chi connectivity index (χ0) is 27.1. The van der Waals surface area contributed by atoms with E-state index in [1.165, 1.54) is 0 Å². The minimum Gasteiger partial charge on any atom is -0.398 e. The van der Waals surface area contributed by atoms with E-state index in [9.17, 15) is 5.11 Å². The Kier molecular flexibility index (Phi) is 8.40.